The Labute approximate surface area is 121 Å². The summed E-state index contributed by atoms with van der Waals surface area (Å²) in [6.07, 6.45) is 0. The molecule has 0 saturated heterocycles. The van der Waals surface area contributed by atoms with Gasteiger partial charge in [0.2, 0.25) is 5.56 Å². The molecule has 0 aliphatic carbocycles. The first-order chi connectivity index (χ1) is 10.1. The summed E-state index contributed by atoms with van der Waals surface area (Å²) in [6.45, 7) is 1.83. The van der Waals surface area contributed by atoms with E-state index in [4.69, 9.17) is 4.74 Å². The normalized spacial score (nSPS) is 10.8. The molecule has 0 atom stereocenters. The summed E-state index contributed by atoms with van der Waals surface area (Å²) in [5.74, 6) is 0.387. The van der Waals surface area contributed by atoms with Crippen LogP contribution in [0, 0.1) is 12.7 Å². The smallest absolute Gasteiger partial charge is 0.249 e. The van der Waals surface area contributed by atoms with Crippen molar-refractivity contribution >= 4 is 10.9 Å². The standard InChI is InChI=1S/C17H14FNO2/c1-10-7-11(18)3-5-13(10)15-9-17(20)19-16-8-12(21-2)4-6-14(15)16/h3-9H,1-2H3,(H,19,20). The lowest BCUT2D eigenvalue weighted by atomic mass is 9.97. The van der Waals surface area contributed by atoms with Crippen LogP contribution in [0.25, 0.3) is 22.0 Å². The molecule has 0 spiro atoms. The fourth-order valence-electron chi connectivity index (χ4n) is 2.52. The third-order valence-corrected chi connectivity index (χ3v) is 3.53. The summed E-state index contributed by atoms with van der Waals surface area (Å²) < 4.78 is 18.4. The van der Waals surface area contributed by atoms with Crippen LogP contribution in [0.5, 0.6) is 5.75 Å². The number of hydrogen-bond acceptors (Lipinski definition) is 2. The summed E-state index contributed by atoms with van der Waals surface area (Å²) in [7, 11) is 1.58. The zero-order chi connectivity index (χ0) is 15.0. The molecule has 0 amide bonds. The number of aromatic nitrogens is 1. The second-order valence-corrected chi connectivity index (χ2v) is 4.92. The van der Waals surface area contributed by atoms with E-state index in [-0.39, 0.29) is 11.4 Å². The summed E-state index contributed by atoms with van der Waals surface area (Å²) in [4.78, 5) is 14.7. The fraction of sp³-hybridized carbons (Fsp3) is 0.118. The number of H-pyrrole nitrogens is 1. The van der Waals surface area contributed by atoms with Crippen LogP contribution >= 0.6 is 0 Å². The highest BCUT2D eigenvalue weighted by Crippen LogP contribution is 2.30. The van der Waals surface area contributed by atoms with E-state index in [1.54, 1.807) is 19.2 Å². The summed E-state index contributed by atoms with van der Waals surface area (Å²) in [6, 6.07) is 11.6. The molecule has 0 bridgehead atoms. The minimum Gasteiger partial charge on any atom is -0.497 e. The van der Waals surface area contributed by atoms with Gasteiger partial charge in [-0.25, -0.2) is 4.39 Å². The lowest BCUT2D eigenvalue weighted by Crippen LogP contribution is -2.05. The number of aryl methyl sites for hydroxylation is 1. The van der Waals surface area contributed by atoms with E-state index in [1.807, 2.05) is 19.1 Å². The van der Waals surface area contributed by atoms with Gasteiger partial charge in [-0.3, -0.25) is 4.79 Å². The minimum atomic E-state index is -0.285. The van der Waals surface area contributed by atoms with Gasteiger partial charge in [-0.1, -0.05) is 6.07 Å². The molecule has 0 radical (unpaired) electrons. The molecule has 21 heavy (non-hydrogen) atoms. The Morgan fingerprint density at radius 3 is 2.57 bits per heavy atom. The van der Waals surface area contributed by atoms with E-state index in [9.17, 15) is 9.18 Å². The van der Waals surface area contributed by atoms with Gasteiger partial charge < -0.3 is 9.72 Å². The molecule has 0 unspecified atom stereocenters. The molecule has 1 aromatic heterocycles. The molecule has 3 aromatic rings. The molecule has 0 aliphatic heterocycles. The summed E-state index contributed by atoms with van der Waals surface area (Å²) >= 11 is 0. The average Bonchev–Trinajstić information content (AvgIpc) is 2.45. The number of ether oxygens (including phenoxy) is 1. The molecule has 1 heterocycles. The predicted molar refractivity (Wildman–Crippen MR) is 81.3 cm³/mol. The van der Waals surface area contributed by atoms with Crippen LogP contribution in [-0.2, 0) is 0 Å². The largest absolute Gasteiger partial charge is 0.497 e. The van der Waals surface area contributed by atoms with E-state index in [1.165, 1.54) is 18.2 Å². The van der Waals surface area contributed by atoms with Gasteiger partial charge in [0, 0.05) is 17.5 Å². The average molecular weight is 283 g/mol. The Morgan fingerprint density at radius 1 is 1.05 bits per heavy atom. The number of halogens is 1. The Kier molecular flexibility index (Phi) is 3.22. The van der Waals surface area contributed by atoms with Crippen LogP contribution in [0.4, 0.5) is 4.39 Å². The monoisotopic (exact) mass is 283 g/mol. The highest BCUT2D eigenvalue weighted by Gasteiger charge is 2.10. The zero-order valence-corrected chi connectivity index (χ0v) is 11.7. The maximum atomic E-state index is 13.3. The van der Waals surface area contributed by atoms with E-state index in [2.05, 4.69) is 4.98 Å². The highest BCUT2D eigenvalue weighted by molar-refractivity contribution is 5.95. The molecule has 4 heteroatoms. The van der Waals surface area contributed by atoms with Crippen molar-refractivity contribution < 1.29 is 9.13 Å². The third kappa shape index (κ3) is 2.40. The Balaban J connectivity index is 2.34. The molecule has 3 rings (SSSR count). The van der Waals surface area contributed by atoms with Crippen LogP contribution < -0.4 is 10.3 Å². The van der Waals surface area contributed by atoms with Crippen LogP contribution in [0.2, 0.25) is 0 Å². The number of methoxy groups -OCH3 is 1. The number of pyridine rings is 1. The fourth-order valence-corrected chi connectivity index (χ4v) is 2.52. The molecule has 1 N–H and O–H groups in total. The van der Waals surface area contributed by atoms with Gasteiger partial charge >= 0.3 is 0 Å². The van der Waals surface area contributed by atoms with Gasteiger partial charge in [0.1, 0.15) is 11.6 Å². The first-order valence-corrected chi connectivity index (χ1v) is 6.56. The molecular weight excluding hydrogens is 269 g/mol. The van der Waals surface area contributed by atoms with Crippen molar-refractivity contribution in [2.75, 3.05) is 7.11 Å². The minimum absolute atomic E-state index is 0.200. The van der Waals surface area contributed by atoms with Crippen LogP contribution in [-0.4, -0.2) is 12.1 Å². The van der Waals surface area contributed by atoms with Crippen LogP contribution in [0.3, 0.4) is 0 Å². The van der Waals surface area contributed by atoms with E-state index in [0.29, 0.717) is 11.3 Å². The van der Waals surface area contributed by atoms with Gasteiger partial charge in [0.15, 0.2) is 0 Å². The first kappa shape index (κ1) is 13.4. The molecular formula is C17H14FNO2. The predicted octanol–water partition coefficient (Wildman–Crippen LogP) is 3.65. The van der Waals surface area contributed by atoms with Crippen molar-refractivity contribution in [2.45, 2.75) is 6.92 Å². The van der Waals surface area contributed by atoms with E-state index < -0.39 is 0 Å². The van der Waals surface area contributed by atoms with Crippen molar-refractivity contribution in [1.29, 1.82) is 0 Å². The van der Waals surface area contributed by atoms with Gasteiger partial charge in [-0.05, 0) is 47.9 Å². The number of fused-ring (bicyclic) bond motifs is 1. The van der Waals surface area contributed by atoms with E-state index in [0.717, 1.165) is 22.1 Å². The van der Waals surface area contributed by atoms with Crippen molar-refractivity contribution in [3.05, 3.63) is 64.2 Å². The number of rotatable bonds is 2. The van der Waals surface area contributed by atoms with Crippen LogP contribution in [0.15, 0.2) is 47.3 Å². The molecule has 106 valence electrons. The molecule has 3 nitrogen and oxygen atoms in total. The first-order valence-electron chi connectivity index (χ1n) is 6.56. The molecule has 0 saturated carbocycles. The molecule has 0 aliphatic rings. The Hall–Kier alpha value is -2.62. The SMILES string of the molecule is COc1ccc2c(-c3ccc(F)cc3C)cc(=O)[nH]c2c1. The topological polar surface area (TPSA) is 42.1 Å². The third-order valence-electron chi connectivity index (χ3n) is 3.53. The number of nitrogens with one attached hydrogen (secondary N) is 1. The second-order valence-electron chi connectivity index (χ2n) is 4.92. The Morgan fingerprint density at radius 2 is 1.86 bits per heavy atom. The van der Waals surface area contributed by atoms with Gasteiger partial charge in [-0.15, -0.1) is 0 Å². The molecule has 2 aromatic carbocycles. The van der Waals surface area contributed by atoms with Crippen molar-refractivity contribution in [3.63, 3.8) is 0 Å². The Bertz CT molecular complexity index is 884. The second kappa shape index (κ2) is 5.05. The van der Waals surface area contributed by atoms with Gasteiger partial charge in [0.25, 0.3) is 0 Å². The van der Waals surface area contributed by atoms with E-state index >= 15 is 0 Å². The maximum absolute atomic E-state index is 13.3. The summed E-state index contributed by atoms with van der Waals surface area (Å²) in [5.41, 5.74) is 2.92. The zero-order valence-electron chi connectivity index (χ0n) is 11.7. The van der Waals surface area contributed by atoms with Crippen molar-refractivity contribution in [2.24, 2.45) is 0 Å². The van der Waals surface area contributed by atoms with Gasteiger partial charge in [-0.2, -0.15) is 0 Å². The van der Waals surface area contributed by atoms with Crippen molar-refractivity contribution in [3.8, 4) is 16.9 Å². The summed E-state index contributed by atoms with van der Waals surface area (Å²) in [5, 5.41) is 0.894. The number of benzene rings is 2. The van der Waals surface area contributed by atoms with Crippen LogP contribution in [0.1, 0.15) is 5.56 Å². The number of hydrogen-bond donors (Lipinski definition) is 1. The highest BCUT2D eigenvalue weighted by atomic mass is 19.1. The van der Waals surface area contributed by atoms with Crippen molar-refractivity contribution in [1.82, 2.24) is 4.98 Å². The lowest BCUT2D eigenvalue weighted by Gasteiger charge is -2.10. The maximum Gasteiger partial charge on any atom is 0.249 e. The number of aromatic amines is 1. The quantitative estimate of drug-likeness (QED) is 0.780. The van der Waals surface area contributed by atoms with Gasteiger partial charge in [0.05, 0.1) is 12.6 Å². The lowest BCUT2D eigenvalue weighted by molar-refractivity contribution is 0.415. The molecule has 0 fully saturated rings.